The summed E-state index contributed by atoms with van der Waals surface area (Å²) in [5.74, 6) is 0.746. The lowest BCUT2D eigenvalue weighted by Crippen LogP contribution is -2.30. The number of non-ortho nitro benzene ring substituents is 1. The van der Waals surface area contributed by atoms with Gasteiger partial charge in [-0.15, -0.1) is 10.2 Å². The van der Waals surface area contributed by atoms with Crippen LogP contribution in [0.5, 0.6) is 0 Å². The van der Waals surface area contributed by atoms with E-state index in [-0.39, 0.29) is 34.8 Å². The number of rotatable bonds is 5. The van der Waals surface area contributed by atoms with Crippen LogP contribution in [0, 0.1) is 27.4 Å². The zero-order chi connectivity index (χ0) is 21.2. The van der Waals surface area contributed by atoms with Crippen LogP contribution in [-0.4, -0.2) is 21.1 Å². The number of hydrogen-bond donors (Lipinski definition) is 0. The molecule has 0 aliphatic heterocycles. The van der Waals surface area contributed by atoms with Gasteiger partial charge in [0.1, 0.15) is 0 Å². The molecule has 0 bridgehead atoms. The van der Waals surface area contributed by atoms with E-state index >= 15 is 0 Å². The molecule has 1 aliphatic rings. The zero-order valence-corrected chi connectivity index (χ0v) is 17.3. The van der Waals surface area contributed by atoms with Crippen molar-refractivity contribution in [1.82, 2.24) is 10.2 Å². The quantitative estimate of drug-likeness (QED) is 0.389. The highest BCUT2D eigenvalue weighted by atomic mass is 16.6. The maximum absolute atomic E-state index is 12.5. The molecule has 1 aromatic heterocycles. The number of carbonyl (C=O) groups is 1. The first-order chi connectivity index (χ1) is 13.6. The van der Waals surface area contributed by atoms with Gasteiger partial charge in [-0.05, 0) is 56.1 Å². The molecule has 2 aromatic rings. The first-order valence-corrected chi connectivity index (χ1v) is 9.94. The Balaban J connectivity index is 1.58. The van der Waals surface area contributed by atoms with Crippen LogP contribution < -0.4 is 0 Å². The van der Waals surface area contributed by atoms with Crippen molar-refractivity contribution in [3.63, 3.8) is 0 Å². The molecule has 1 saturated carbocycles. The summed E-state index contributed by atoms with van der Waals surface area (Å²) >= 11 is 0. The molecule has 8 nitrogen and oxygen atoms in total. The molecule has 0 saturated heterocycles. The summed E-state index contributed by atoms with van der Waals surface area (Å²) < 4.78 is 11.2. The fraction of sp³-hybridized carbons (Fsp3) is 0.571. The minimum absolute atomic E-state index is 0.0167. The summed E-state index contributed by atoms with van der Waals surface area (Å²) in [5.41, 5.74) is 0.811. The first-order valence-electron chi connectivity index (χ1n) is 9.94. The third kappa shape index (κ3) is 4.99. The predicted octanol–water partition coefficient (Wildman–Crippen LogP) is 5.10. The van der Waals surface area contributed by atoms with E-state index < -0.39 is 11.0 Å². The number of esters is 1. The Kier molecular flexibility index (Phi) is 6.00. The van der Waals surface area contributed by atoms with Crippen molar-refractivity contribution in [2.24, 2.45) is 17.3 Å². The van der Waals surface area contributed by atoms with Crippen LogP contribution in [-0.2, 0) is 9.53 Å². The van der Waals surface area contributed by atoms with Crippen molar-refractivity contribution in [2.75, 3.05) is 0 Å². The molecule has 0 radical (unpaired) electrons. The van der Waals surface area contributed by atoms with Gasteiger partial charge in [0.2, 0.25) is 5.89 Å². The molecule has 0 N–H and O–H groups in total. The maximum atomic E-state index is 12.5. The lowest BCUT2D eigenvalue weighted by atomic mass is 9.70. The summed E-state index contributed by atoms with van der Waals surface area (Å²) in [7, 11) is 0. The molecule has 156 valence electrons. The van der Waals surface area contributed by atoms with Gasteiger partial charge >= 0.3 is 5.97 Å². The Morgan fingerprint density at radius 2 is 1.79 bits per heavy atom. The third-order valence-electron chi connectivity index (χ3n) is 5.69. The topological polar surface area (TPSA) is 108 Å². The van der Waals surface area contributed by atoms with E-state index in [1.165, 1.54) is 12.1 Å². The van der Waals surface area contributed by atoms with Crippen molar-refractivity contribution < 1.29 is 18.9 Å². The first kappa shape index (κ1) is 21.0. The molecular weight excluding hydrogens is 374 g/mol. The molecular formula is C21H27N3O5. The van der Waals surface area contributed by atoms with Gasteiger partial charge < -0.3 is 9.15 Å². The van der Waals surface area contributed by atoms with Gasteiger partial charge in [0.05, 0.1) is 10.8 Å². The molecule has 8 heteroatoms. The van der Waals surface area contributed by atoms with E-state index in [1.54, 1.807) is 19.1 Å². The molecule has 0 amide bonds. The highest BCUT2D eigenvalue weighted by molar-refractivity contribution is 5.72. The highest BCUT2D eigenvalue weighted by Gasteiger charge is 2.34. The number of nitro groups is 1. The number of nitrogens with zero attached hydrogens (tertiary/aromatic N) is 3. The highest BCUT2D eigenvalue weighted by Crippen LogP contribution is 2.40. The van der Waals surface area contributed by atoms with Crippen LogP contribution in [0.1, 0.15) is 65.4 Å². The van der Waals surface area contributed by atoms with Crippen molar-refractivity contribution in [3.05, 3.63) is 40.3 Å². The van der Waals surface area contributed by atoms with Crippen LogP contribution in [0.25, 0.3) is 11.5 Å². The second-order valence-corrected chi connectivity index (χ2v) is 8.74. The van der Waals surface area contributed by atoms with E-state index in [4.69, 9.17) is 9.15 Å². The van der Waals surface area contributed by atoms with Gasteiger partial charge in [0.25, 0.3) is 11.6 Å². The van der Waals surface area contributed by atoms with Gasteiger partial charge in [-0.1, -0.05) is 20.8 Å². The molecule has 1 heterocycles. The number of ether oxygens (including phenoxy) is 1. The molecule has 0 unspecified atom stereocenters. The SMILES string of the molecule is C[C@@H](OC(=O)C1CCC(C(C)(C)C)CC1)c1nnc(-c2ccc([N+](=O)[O-])cc2)o1. The minimum atomic E-state index is -0.651. The lowest BCUT2D eigenvalue weighted by molar-refractivity contribution is -0.384. The van der Waals surface area contributed by atoms with Crippen molar-refractivity contribution in [1.29, 1.82) is 0 Å². The fourth-order valence-corrected chi connectivity index (χ4v) is 3.76. The summed E-state index contributed by atoms with van der Waals surface area (Å²) in [5, 5.41) is 18.7. The van der Waals surface area contributed by atoms with Gasteiger partial charge in [0.15, 0.2) is 6.10 Å². The Bertz CT molecular complexity index is 861. The number of nitro benzene ring substituents is 1. The average Bonchev–Trinajstić information content (AvgIpc) is 3.18. The number of carbonyl (C=O) groups excluding carboxylic acids is 1. The largest absolute Gasteiger partial charge is 0.452 e. The molecule has 1 aromatic carbocycles. The minimum Gasteiger partial charge on any atom is -0.452 e. The Labute approximate surface area is 169 Å². The molecule has 1 aliphatic carbocycles. The molecule has 29 heavy (non-hydrogen) atoms. The normalized spacial score (nSPS) is 20.8. The third-order valence-corrected chi connectivity index (χ3v) is 5.69. The lowest BCUT2D eigenvalue weighted by Gasteiger charge is -2.36. The van der Waals surface area contributed by atoms with Gasteiger partial charge in [-0.3, -0.25) is 14.9 Å². The smallest absolute Gasteiger partial charge is 0.309 e. The predicted molar refractivity (Wildman–Crippen MR) is 106 cm³/mol. The second-order valence-electron chi connectivity index (χ2n) is 8.74. The van der Waals surface area contributed by atoms with E-state index in [2.05, 4.69) is 31.0 Å². The Morgan fingerprint density at radius 1 is 1.17 bits per heavy atom. The van der Waals surface area contributed by atoms with Crippen molar-refractivity contribution in [3.8, 4) is 11.5 Å². The van der Waals surface area contributed by atoms with Crippen LogP contribution in [0.4, 0.5) is 5.69 Å². The van der Waals surface area contributed by atoms with Crippen LogP contribution >= 0.6 is 0 Å². The summed E-state index contributed by atoms with van der Waals surface area (Å²) in [6.45, 7) is 8.44. The van der Waals surface area contributed by atoms with E-state index in [1.807, 2.05) is 0 Å². The van der Waals surface area contributed by atoms with E-state index in [9.17, 15) is 14.9 Å². The van der Waals surface area contributed by atoms with Crippen LogP contribution in [0.2, 0.25) is 0 Å². The van der Waals surface area contributed by atoms with Gasteiger partial charge in [-0.2, -0.15) is 0 Å². The summed E-state index contributed by atoms with van der Waals surface area (Å²) in [6, 6.07) is 5.83. The Morgan fingerprint density at radius 3 is 2.34 bits per heavy atom. The van der Waals surface area contributed by atoms with Crippen LogP contribution in [0.15, 0.2) is 28.7 Å². The van der Waals surface area contributed by atoms with Gasteiger partial charge in [-0.25, -0.2) is 0 Å². The Hall–Kier alpha value is -2.77. The standard InChI is InChI=1S/C21H27N3O5/c1-13(28-20(25)15-5-9-16(10-6-15)21(2,3)4)18-22-23-19(29-18)14-7-11-17(12-8-14)24(26)27/h7-8,11-13,15-16H,5-6,9-10H2,1-4H3/t13-,15?,16?/m1/s1. The van der Waals surface area contributed by atoms with E-state index in [0.29, 0.717) is 11.5 Å². The second kappa shape index (κ2) is 8.31. The average molecular weight is 401 g/mol. The molecule has 0 spiro atoms. The fourth-order valence-electron chi connectivity index (χ4n) is 3.76. The molecule has 1 atom stereocenters. The molecule has 3 rings (SSSR count). The van der Waals surface area contributed by atoms with E-state index in [0.717, 1.165) is 25.7 Å². The maximum Gasteiger partial charge on any atom is 0.309 e. The number of benzene rings is 1. The molecule has 1 fully saturated rings. The monoisotopic (exact) mass is 401 g/mol. The van der Waals surface area contributed by atoms with Crippen molar-refractivity contribution >= 4 is 11.7 Å². The van der Waals surface area contributed by atoms with Gasteiger partial charge in [0, 0.05) is 17.7 Å². The number of hydrogen-bond acceptors (Lipinski definition) is 7. The van der Waals surface area contributed by atoms with Crippen LogP contribution in [0.3, 0.4) is 0 Å². The van der Waals surface area contributed by atoms with Crippen molar-refractivity contribution in [2.45, 2.75) is 59.5 Å². The number of aromatic nitrogens is 2. The zero-order valence-electron chi connectivity index (χ0n) is 17.3. The summed E-state index contributed by atoms with van der Waals surface area (Å²) in [4.78, 5) is 22.8. The summed E-state index contributed by atoms with van der Waals surface area (Å²) in [6.07, 6.45) is 3.09.